The molecule has 180 valence electrons. The van der Waals surface area contributed by atoms with Gasteiger partial charge in [0.05, 0.1) is 7.11 Å². The molecule has 2 amide bonds. The first-order valence-corrected chi connectivity index (χ1v) is 11.6. The highest BCUT2D eigenvalue weighted by Gasteiger charge is 2.48. The predicted molar refractivity (Wildman–Crippen MR) is 124 cm³/mol. The average Bonchev–Trinajstić information content (AvgIpc) is 2.88. The van der Waals surface area contributed by atoms with Crippen LogP contribution < -0.4 is 5.32 Å². The van der Waals surface area contributed by atoms with E-state index in [9.17, 15) is 19.5 Å². The third-order valence-electron chi connectivity index (χ3n) is 6.74. The lowest BCUT2D eigenvalue weighted by molar-refractivity contribution is -0.147. The van der Waals surface area contributed by atoms with Gasteiger partial charge in [0, 0.05) is 12.5 Å². The molecule has 2 saturated heterocycles. The maximum Gasteiger partial charge on any atom is 0.411 e. The molecule has 2 aromatic rings. The van der Waals surface area contributed by atoms with E-state index in [1.807, 2.05) is 30.3 Å². The van der Waals surface area contributed by atoms with E-state index in [1.54, 1.807) is 17.0 Å². The Morgan fingerprint density at radius 3 is 2.32 bits per heavy atom. The van der Waals surface area contributed by atoms with Crippen molar-refractivity contribution in [3.8, 4) is 5.75 Å². The Labute approximate surface area is 198 Å². The number of carbonyl (C=O) groups excluding carboxylic acids is 3. The maximum absolute atomic E-state index is 13.4. The van der Waals surface area contributed by atoms with Crippen LogP contribution in [0.3, 0.4) is 0 Å². The van der Waals surface area contributed by atoms with E-state index in [4.69, 9.17) is 9.47 Å². The molecule has 3 fully saturated rings. The second kappa shape index (κ2) is 10.6. The van der Waals surface area contributed by atoms with E-state index in [0.29, 0.717) is 0 Å². The van der Waals surface area contributed by atoms with Crippen molar-refractivity contribution in [1.82, 2.24) is 10.2 Å². The molecule has 2 N–H and O–H groups in total. The van der Waals surface area contributed by atoms with Gasteiger partial charge in [-0.25, -0.2) is 9.59 Å². The van der Waals surface area contributed by atoms with Crippen LogP contribution in [0.5, 0.6) is 5.75 Å². The molecule has 2 heterocycles. The van der Waals surface area contributed by atoms with Crippen molar-refractivity contribution in [2.75, 3.05) is 7.11 Å². The number of esters is 1. The zero-order valence-electron chi connectivity index (χ0n) is 19.2. The highest BCUT2D eigenvalue weighted by atomic mass is 16.6. The number of phenolic OH excluding ortho intramolecular Hbond substituents is 1. The Morgan fingerprint density at radius 1 is 1.00 bits per heavy atom. The Kier molecular flexibility index (Phi) is 7.35. The molecule has 0 aromatic heterocycles. The Balaban J connectivity index is 1.48. The molecule has 1 aliphatic carbocycles. The van der Waals surface area contributed by atoms with Gasteiger partial charge in [-0.3, -0.25) is 9.69 Å². The molecule has 0 radical (unpaired) electrons. The van der Waals surface area contributed by atoms with E-state index in [0.717, 1.165) is 36.8 Å². The van der Waals surface area contributed by atoms with Crippen molar-refractivity contribution in [3.05, 3.63) is 65.7 Å². The number of rotatable bonds is 7. The minimum Gasteiger partial charge on any atom is -0.508 e. The van der Waals surface area contributed by atoms with Crippen molar-refractivity contribution in [1.29, 1.82) is 0 Å². The van der Waals surface area contributed by atoms with Gasteiger partial charge in [0.15, 0.2) is 0 Å². The molecule has 1 saturated carbocycles. The van der Waals surface area contributed by atoms with Crippen LogP contribution in [0, 0.1) is 5.92 Å². The lowest BCUT2D eigenvalue weighted by Gasteiger charge is -2.49. The van der Waals surface area contributed by atoms with Crippen LogP contribution in [0.1, 0.15) is 36.8 Å². The van der Waals surface area contributed by atoms with Gasteiger partial charge in [0.1, 0.15) is 24.4 Å². The van der Waals surface area contributed by atoms with Crippen molar-refractivity contribution >= 4 is 18.0 Å². The first-order chi connectivity index (χ1) is 16.5. The minimum atomic E-state index is -0.912. The third kappa shape index (κ3) is 5.32. The van der Waals surface area contributed by atoms with Gasteiger partial charge < -0.3 is 19.9 Å². The number of methoxy groups -OCH3 is 1. The van der Waals surface area contributed by atoms with Crippen molar-refractivity contribution in [3.63, 3.8) is 0 Å². The first kappa shape index (κ1) is 23.6. The number of ether oxygens (including phenoxy) is 2. The zero-order valence-corrected chi connectivity index (χ0v) is 19.2. The van der Waals surface area contributed by atoms with Crippen molar-refractivity contribution in [2.45, 2.75) is 56.8 Å². The molecular weight excluding hydrogens is 436 g/mol. The molecule has 5 rings (SSSR count). The van der Waals surface area contributed by atoms with Crippen LogP contribution in [-0.2, 0) is 32.1 Å². The van der Waals surface area contributed by atoms with Crippen LogP contribution in [-0.4, -0.2) is 53.2 Å². The van der Waals surface area contributed by atoms with E-state index in [1.165, 1.54) is 19.2 Å². The summed E-state index contributed by atoms with van der Waals surface area (Å²) < 4.78 is 10.5. The smallest absolute Gasteiger partial charge is 0.411 e. The molecule has 2 atom stereocenters. The number of benzene rings is 2. The number of amides is 2. The molecule has 2 aromatic carbocycles. The van der Waals surface area contributed by atoms with E-state index >= 15 is 0 Å². The van der Waals surface area contributed by atoms with E-state index < -0.39 is 24.1 Å². The Morgan fingerprint density at radius 2 is 1.68 bits per heavy atom. The minimum absolute atomic E-state index is 0.0150. The molecular formula is C26H30N2O6. The fourth-order valence-electron chi connectivity index (χ4n) is 5.01. The quantitative estimate of drug-likeness (QED) is 0.608. The molecule has 1 unspecified atom stereocenters. The van der Waals surface area contributed by atoms with Gasteiger partial charge >= 0.3 is 12.1 Å². The summed E-state index contributed by atoms with van der Waals surface area (Å²) in [5.41, 5.74) is 1.64. The molecule has 2 bridgehead atoms. The normalized spacial score (nSPS) is 22.0. The number of hydrogen-bond acceptors (Lipinski definition) is 6. The first-order valence-electron chi connectivity index (χ1n) is 11.6. The Hall–Kier alpha value is -3.55. The molecule has 3 aliphatic rings. The number of piperidine rings is 2. The van der Waals surface area contributed by atoms with Crippen LogP contribution in [0.2, 0.25) is 0 Å². The molecule has 2 aliphatic heterocycles. The van der Waals surface area contributed by atoms with E-state index in [2.05, 4.69) is 5.32 Å². The monoisotopic (exact) mass is 466 g/mol. The fraction of sp³-hybridized carbons (Fsp3) is 0.423. The van der Waals surface area contributed by atoms with Gasteiger partial charge in [-0.05, 0) is 54.9 Å². The van der Waals surface area contributed by atoms with Crippen LogP contribution in [0.4, 0.5) is 4.79 Å². The zero-order chi connectivity index (χ0) is 24.1. The van der Waals surface area contributed by atoms with Crippen LogP contribution in [0.25, 0.3) is 0 Å². The van der Waals surface area contributed by atoms with Gasteiger partial charge in [-0.2, -0.15) is 0 Å². The summed E-state index contributed by atoms with van der Waals surface area (Å²) >= 11 is 0. The van der Waals surface area contributed by atoms with E-state index in [-0.39, 0.29) is 36.6 Å². The number of hydrogen-bond donors (Lipinski definition) is 2. The number of phenols is 1. The summed E-state index contributed by atoms with van der Waals surface area (Å²) in [7, 11) is 1.27. The number of carbonyl (C=O) groups is 3. The molecule has 8 heteroatoms. The van der Waals surface area contributed by atoms with Crippen LogP contribution in [0.15, 0.2) is 54.6 Å². The highest BCUT2D eigenvalue weighted by molar-refractivity contribution is 5.90. The average molecular weight is 467 g/mol. The SMILES string of the molecule is COC(=O)[C@H](Cc1ccc(O)cc1)NC(=O)C1C2CCC(CC2)N1C(=O)OCc1ccccc1. The lowest BCUT2D eigenvalue weighted by Crippen LogP contribution is -2.64. The maximum atomic E-state index is 13.4. The molecule has 34 heavy (non-hydrogen) atoms. The van der Waals surface area contributed by atoms with Gasteiger partial charge in [-0.1, -0.05) is 42.5 Å². The highest BCUT2D eigenvalue weighted by Crippen LogP contribution is 2.40. The van der Waals surface area contributed by atoms with Gasteiger partial charge in [0.25, 0.3) is 0 Å². The fourth-order valence-corrected chi connectivity index (χ4v) is 5.01. The van der Waals surface area contributed by atoms with Crippen molar-refractivity contribution < 1.29 is 29.0 Å². The number of aromatic hydroxyl groups is 1. The number of nitrogens with one attached hydrogen (secondary N) is 1. The third-order valence-corrected chi connectivity index (χ3v) is 6.74. The standard InChI is InChI=1S/C26H30N2O6/c1-33-25(31)22(15-17-7-13-21(29)14-8-17)27-24(30)23-19-9-11-20(12-10-19)28(23)26(32)34-16-18-5-3-2-4-6-18/h2-8,13-14,19-20,22-23,29H,9-12,15-16H2,1H3,(H,27,30)/t19?,20?,22-,23?/m0/s1. The van der Waals surface area contributed by atoms with Crippen LogP contribution >= 0.6 is 0 Å². The summed E-state index contributed by atoms with van der Waals surface area (Å²) in [6, 6.07) is 14.2. The van der Waals surface area contributed by atoms with Crippen molar-refractivity contribution in [2.24, 2.45) is 5.92 Å². The van der Waals surface area contributed by atoms with Gasteiger partial charge in [0.2, 0.25) is 5.91 Å². The molecule has 8 nitrogen and oxygen atoms in total. The summed E-state index contributed by atoms with van der Waals surface area (Å²) in [6.07, 6.45) is 3.08. The Bertz CT molecular complexity index is 1000. The summed E-state index contributed by atoms with van der Waals surface area (Å²) in [5.74, 6) is -0.813. The largest absolute Gasteiger partial charge is 0.508 e. The summed E-state index contributed by atoms with van der Waals surface area (Å²) in [4.78, 5) is 40.5. The summed E-state index contributed by atoms with van der Waals surface area (Å²) in [5, 5.41) is 12.3. The second-order valence-electron chi connectivity index (χ2n) is 8.92. The topological polar surface area (TPSA) is 105 Å². The van der Waals surface area contributed by atoms with Gasteiger partial charge in [-0.15, -0.1) is 0 Å². The predicted octanol–water partition coefficient (Wildman–Crippen LogP) is 3.17. The lowest BCUT2D eigenvalue weighted by atomic mass is 9.74. The number of nitrogens with zero attached hydrogens (tertiary/aromatic N) is 1. The second-order valence-corrected chi connectivity index (χ2v) is 8.92. The molecule has 0 spiro atoms. The number of fused-ring (bicyclic) bond motifs is 3. The summed E-state index contributed by atoms with van der Waals surface area (Å²) in [6.45, 7) is 0.132.